The van der Waals surface area contributed by atoms with Gasteiger partial charge in [0, 0.05) is 18.0 Å². The summed E-state index contributed by atoms with van der Waals surface area (Å²) in [7, 11) is 0. The van der Waals surface area contributed by atoms with Gasteiger partial charge in [-0.2, -0.15) is 13.2 Å². The number of hydrogen-bond donors (Lipinski definition) is 2. The van der Waals surface area contributed by atoms with E-state index >= 15 is 0 Å². The Morgan fingerprint density at radius 3 is 2.31 bits per heavy atom. The van der Waals surface area contributed by atoms with Crippen LogP contribution in [0.3, 0.4) is 0 Å². The minimum Gasteiger partial charge on any atom is -0.364 e. The summed E-state index contributed by atoms with van der Waals surface area (Å²) in [6.07, 6.45) is -4.88. The fourth-order valence-corrected chi connectivity index (χ4v) is 0.754. The second kappa shape index (κ2) is 3.31. The SMILES string of the molecule is OC(O)c1cncc(C(F)(F)F)c1. The van der Waals surface area contributed by atoms with Gasteiger partial charge in [0.1, 0.15) is 0 Å². The molecule has 0 aliphatic rings. The van der Waals surface area contributed by atoms with Crippen molar-refractivity contribution in [2.24, 2.45) is 0 Å². The summed E-state index contributed by atoms with van der Waals surface area (Å²) < 4.78 is 36.1. The Bertz CT molecular complexity index is 298. The number of hydrogen-bond acceptors (Lipinski definition) is 3. The number of pyridine rings is 1. The van der Waals surface area contributed by atoms with E-state index in [-0.39, 0.29) is 5.56 Å². The molecule has 1 heterocycles. The molecule has 0 unspecified atom stereocenters. The molecular formula is C7H6F3NO2. The van der Waals surface area contributed by atoms with E-state index in [2.05, 4.69) is 4.98 Å². The highest BCUT2D eigenvalue weighted by atomic mass is 19.4. The van der Waals surface area contributed by atoms with E-state index in [0.717, 1.165) is 6.20 Å². The Hall–Kier alpha value is -1.14. The van der Waals surface area contributed by atoms with Crippen molar-refractivity contribution in [1.29, 1.82) is 0 Å². The fourth-order valence-electron chi connectivity index (χ4n) is 0.754. The summed E-state index contributed by atoms with van der Waals surface area (Å²) in [6, 6.07) is 0.637. The number of halogens is 3. The van der Waals surface area contributed by atoms with E-state index in [0.29, 0.717) is 12.3 Å². The van der Waals surface area contributed by atoms with Gasteiger partial charge in [-0.25, -0.2) is 0 Å². The van der Waals surface area contributed by atoms with Gasteiger partial charge in [-0.05, 0) is 6.07 Å². The second-order valence-electron chi connectivity index (χ2n) is 2.38. The van der Waals surface area contributed by atoms with Crippen molar-refractivity contribution < 1.29 is 23.4 Å². The van der Waals surface area contributed by atoms with Crippen LogP contribution >= 0.6 is 0 Å². The summed E-state index contributed by atoms with van der Waals surface area (Å²) >= 11 is 0. The molecule has 1 rings (SSSR count). The summed E-state index contributed by atoms with van der Waals surface area (Å²) in [5, 5.41) is 17.1. The van der Waals surface area contributed by atoms with E-state index in [1.165, 1.54) is 0 Å². The minimum absolute atomic E-state index is 0.283. The number of rotatable bonds is 1. The maximum absolute atomic E-state index is 12.0. The Kier molecular flexibility index (Phi) is 2.53. The van der Waals surface area contributed by atoms with Gasteiger partial charge in [-0.3, -0.25) is 4.98 Å². The molecule has 6 heteroatoms. The highest BCUT2D eigenvalue weighted by Crippen LogP contribution is 2.29. The third-order valence-corrected chi connectivity index (χ3v) is 1.38. The molecule has 0 aliphatic heterocycles. The molecule has 13 heavy (non-hydrogen) atoms. The van der Waals surface area contributed by atoms with Crippen LogP contribution in [-0.4, -0.2) is 15.2 Å². The van der Waals surface area contributed by atoms with Crippen LogP contribution in [0.5, 0.6) is 0 Å². The van der Waals surface area contributed by atoms with Gasteiger partial charge in [0.15, 0.2) is 6.29 Å². The van der Waals surface area contributed by atoms with Gasteiger partial charge >= 0.3 is 6.18 Å². The molecular weight excluding hydrogens is 187 g/mol. The molecule has 0 amide bonds. The predicted molar refractivity (Wildman–Crippen MR) is 36.4 cm³/mol. The number of aliphatic hydroxyl groups is 2. The minimum atomic E-state index is -4.52. The lowest BCUT2D eigenvalue weighted by atomic mass is 10.2. The zero-order valence-corrected chi connectivity index (χ0v) is 6.28. The lowest BCUT2D eigenvalue weighted by Crippen LogP contribution is -2.07. The lowest BCUT2D eigenvalue weighted by molar-refractivity contribution is -0.138. The standard InChI is InChI=1S/C7H6F3NO2/c8-7(9,10)5-1-4(6(12)13)2-11-3-5/h1-3,6,12-13H. The third kappa shape index (κ3) is 2.40. The van der Waals surface area contributed by atoms with E-state index < -0.39 is 18.0 Å². The first-order valence-corrected chi connectivity index (χ1v) is 3.29. The van der Waals surface area contributed by atoms with Crippen molar-refractivity contribution in [1.82, 2.24) is 4.98 Å². The summed E-state index contributed by atoms with van der Waals surface area (Å²) in [6.45, 7) is 0. The molecule has 0 radical (unpaired) electrons. The summed E-state index contributed by atoms with van der Waals surface area (Å²) in [5.74, 6) is 0. The molecule has 0 aromatic carbocycles. The quantitative estimate of drug-likeness (QED) is 0.656. The monoisotopic (exact) mass is 193 g/mol. The van der Waals surface area contributed by atoms with Crippen molar-refractivity contribution in [2.45, 2.75) is 12.5 Å². The molecule has 0 aliphatic carbocycles. The van der Waals surface area contributed by atoms with Crippen LogP contribution in [0, 0.1) is 0 Å². The van der Waals surface area contributed by atoms with Crippen LogP contribution in [0.2, 0.25) is 0 Å². The van der Waals surface area contributed by atoms with E-state index in [1.807, 2.05) is 0 Å². The predicted octanol–water partition coefficient (Wildman–Crippen LogP) is 1.08. The van der Waals surface area contributed by atoms with Crippen LogP contribution < -0.4 is 0 Å². The van der Waals surface area contributed by atoms with E-state index in [9.17, 15) is 13.2 Å². The Morgan fingerprint density at radius 2 is 1.85 bits per heavy atom. The van der Waals surface area contributed by atoms with Gasteiger partial charge in [-0.15, -0.1) is 0 Å². The van der Waals surface area contributed by atoms with Crippen molar-refractivity contribution in [2.75, 3.05) is 0 Å². The summed E-state index contributed by atoms with van der Waals surface area (Å²) in [4.78, 5) is 3.23. The second-order valence-corrected chi connectivity index (χ2v) is 2.38. The molecule has 0 spiro atoms. The largest absolute Gasteiger partial charge is 0.417 e. The number of aliphatic hydroxyl groups excluding tert-OH is 1. The molecule has 3 nitrogen and oxygen atoms in total. The molecule has 0 saturated heterocycles. The molecule has 0 atom stereocenters. The third-order valence-electron chi connectivity index (χ3n) is 1.38. The average Bonchev–Trinajstić information content (AvgIpc) is 2.03. The van der Waals surface area contributed by atoms with Crippen LogP contribution in [-0.2, 0) is 6.18 Å². The Balaban J connectivity index is 3.06. The number of nitrogens with zero attached hydrogens (tertiary/aromatic N) is 1. The Labute approximate surface area is 71.5 Å². The van der Waals surface area contributed by atoms with Gasteiger partial charge in [0.05, 0.1) is 5.56 Å². The highest BCUT2D eigenvalue weighted by molar-refractivity contribution is 5.21. The van der Waals surface area contributed by atoms with Gasteiger partial charge < -0.3 is 10.2 Å². The zero-order chi connectivity index (χ0) is 10.1. The van der Waals surface area contributed by atoms with Crippen LogP contribution in [0.4, 0.5) is 13.2 Å². The van der Waals surface area contributed by atoms with Crippen LogP contribution in [0.1, 0.15) is 17.4 Å². The molecule has 1 aromatic heterocycles. The zero-order valence-electron chi connectivity index (χ0n) is 6.28. The first-order chi connectivity index (χ1) is 5.91. The number of aromatic nitrogens is 1. The molecule has 72 valence electrons. The molecule has 0 saturated carbocycles. The van der Waals surface area contributed by atoms with Gasteiger partial charge in [0.25, 0.3) is 0 Å². The first kappa shape index (κ1) is 9.94. The van der Waals surface area contributed by atoms with E-state index in [1.54, 1.807) is 0 Å². The molecule has 0 bridgehead atoms. The first-order valence-electron chi connectivity index (χ1n) is 3.29. The highest BCUT2D eigenvalue weighted by Gasteiger charge is 2.31. The number of alkyl halides is 3. The molecule has 0 fully saturated rings. The summed E-state index contributed by atoms with van der Waals surface area (Å²) in [5.41, 5.74) is -1.28. The topological polar surface area (TPSA) is 53.4 Å². The smallest absolute Gasteiger partial charge is 0.364 e. The Morgan fingerprint density at radius 1 is 1.23 bits per heavy atom. The van der Waals surface area contributed by atoms with Crippen molar-refractivity contribution in [3.63, 3.8) is 0 Å². The van der Waals surface area contributed by atoms with Crippen LogP contribution in [0.15, 0.2) is 18.5 Å². The van der Waals surface area contributed by atoms with Crippen molar-refractivity contribution in [3.8, 4) is 0 Å². The van der Waals surface area contributed by atoms with Crippen LogP contribution in [0.25, 0.3) is 0 Å². The molecule has 2 N–H and O–H groups in total. The normalized spacial score (nSPS) is 12.2. The van der Waals surface area contributed by atoms with E-state index in [4.69, 9.17) is 10.2 Å². The lowest BCUT2D eigenvalue weighted by Gasteiger charge is -2.08. The van der Waals surface area contributed by atoms with Gasteiger partial charge in [-0.1, -0.05) is 0 Å². The average molecular weight is 193 g/mol. The van der Waals surface area contributed by atoms with Gasteiger partial charge in [0.2, 0.25) is 0 Å². The fraction of sp³-hybridized carbons (Fsp3) is 0.286. The molecule has 1 aromatic rings. The maximum atomic E-state index is 12.0. The maximum Gasteiger partial charge on any atom is 0.417 e. The van der Waals surface area contributed by atoms with Crippen molar-refractivity contribution in [3.05, 3.63) is 29.6 Å². The van der Waals surface area contributed by atoms with Crippen molar-refractivity contribution >= 4 is 0 Å².